The van der Waals surface area contributed by atoms with E-state index in [-0.39, 0.29) is 6.42 Å². The second kappa shape index (κ2) is 14.7. The van der Waals surface area contributed by atoms with E-state index < -0.39 is 18.1 Å². The van der Waals surface area contributed by atoms with E-state index in [4.69, 9.17) is 19.7 Å². The van der Waals surface area contributed by atoms with Gasteiger partial charge in [-0.05, 0) is 36.5 Å². The number of hydrogen-bond donors (Lipinski definition) is 3. The maximum absolute atomic E-state index is 10.6. The first kappa shape index (κ1) is 26.7. The molecule has 0 atom stereocenters. The van der Waals surface area contributed by atoms with Gasteiger partial charge in [-0.3, -0.25) is 4.79 Å². The third-order valence-electron chi connectivity index (χ3n) is 3.89. The van der Waals surface area contributed by atoms with Crippen LogP contribution < -0.4 is 10.1 Å². The number of carbonyl (C=O) groups is 2. The molecule has 0 aromatic heterocycles. The molecule has 0 aliphatic rings. The summed E-state index contributed by atoms with van der Waals surface area (Å²) in [5.41, 5.74) is 1.14. The highest BCUT2D eigenvalue weighted by atomic mass is 19.4. The van der Waals surface area contributed by atoms with Gasteiger partial charge in [-0.1, -0.05) is 38.8 Å². The van der Waals surface area contributed by atoms with Gasteiger partial charge in [0.2, 0.25) is 0 Å². The van der Waals surface area contributed by atoms with Gasteiger partial charge in [0, 0.05) is 13.1 Å². The Bertz CT molecular complexity index is 585. The molecule has 0 fully saturated rings. The summed E-state index contributed by atoms with van der Waals surface area (Å²) >= 11 is 0. The average Bonchev–Trinajstić information content (AvgIpc) is 2.64. The summed E-state index contributed by atoms with van der Waals surface area (Å²) in [6.07, 6.45) is -0.0831. The highest BCUT2D eigenvalue weighted by Gasteiger charge is 2.38. The molecule has 0 aliphatic heterocycles. The molecule has 0 unspecified atom stereocenters. The van der Waals surface area contributed by atoms with Gasteiger partial charge in [-0.2, -0.15) is 13.2 Å². The molecule has 6 nitrogen and oxygen atoms in total. The molecular weight excluding hydrogens is 391 g/mol. The summed E-state index contributed by atoms with van der Waals surface area (Å²) in [7, 11) is 0. The summed E-state index contributed by atoms with van der Waals surface area (Å²) in [4.78, 5) is 19.3. The molecule has 29 heavy (non-hydrogen) atoms. The third kappa shape index (κ3) is 14.4. The minimum atomic E-state index is -5.08. The standard InChI is InChI=1S/C18H29NO3.C2HF3O2/c1-3-5-16(6-4-2)14-22-17-9-7-15(8-10-17)13-19-12-11-18(20)21;3-2(4,5)1(6)7/h7-10,16,19H,3-6,11-14H2,1-2H3,(H,20,21);(H,6,7). The van der Waals surface area contributed by atoms with Gasteiger partial charge >= 0.3 is 18.1 Å². The van der Waals surface area contributed by atoms with Gasteiger partial charge < -0.3 is 20.3 Å². The van der Waals surface area contributed by atoms with Gasteiger partial charge in [-0.15, -0.1) is 0 Å². The Labute approximate surface area is 169 Å². The van der Waals surface area contributed by atoms with E-state index in [0.717, 1.165) is 17.9 Å². The monoisotopic (exact) mass is 421 g/mol. The Kier molecular flexibility index (Phi) is 13.5. The van der Waals surface area contributed by atoms with Crippen molar-refractivity contribution in [2.45, 2.75) is 58.7 Å². The molecule has 166 valence electrons. The van der Waals surface area contributed by atoms with Crippen molar-refractivity contribution in [3.63, 3.8) is 0 Å². The van der Waals surface area contributed by atoms with E-state index in [1.165, 1.54) is 25.7 Å². The summed E-state index contributed by atoms with van der Waals surface area (Å²) in [6, 6.07) is 8.03. The molecule has 1 aromatic rings. The molecule has 0 spiro atoms. The van der Waals surface area contributed by atoms with Crippen LogP contribution in [0.25, 0.3) is 0 Å². The van der Waals surface area contributed by atoms with Crippen LogP contribution in [0.5, 0.6) is 5.75 Å². The molecule has 0 heterocycles. The Morgan fingerprint density at radius 1 is 1.07 bits per heavy atom. The van der Waals surface area contributed by atoms with Crippen LogP contribution in [0, 0.1) is 5.92 Å². The first-order chi connectivity index (χ1) is 13.6. The number of aliphatic carboxylic acids is 2. The molecular formula is C20H30F3NO5. The van der Waals surface area contributed by atoms with Crippen molar-refractivity contribution in [1.29, 1.82) is 0 Å². The second-order valence-corrected chi connectivity index (χ2v) is 6.52. The lowest BCUT2D eigenvalue weighted by atomic mass is 9.99. The summed E-state index contributed by atoms with van der Waals surface area (Å²) in [6.45, 7) is 6.40. The number of ether oxygens (including phenoxy) is 1. The predicted molar refractivity (Wildman–Crippen MR) is 103 cm³/mol. The predicted octanol–water partition coefficient (Wildman–Crippen LogP) is 4.48. The van der Waals surface area contributed by atoms with Crippen molar-refractivity contribution in [2.75, 3.05) is 13.2 Å². The molecule has 9 heteroatoms. The average molecular weight is 421 g/mol. The molecule has 0 radical (unpaired) electrons. The normalized spacial score (nSPS) is 11.0. The SMILES string of the molecule is CCCC(CCC)COc1ccc(CNCCC(=O)O)cc1.O=C(O)C(F)(F)F. The highest BCUT2D eigenvalue weighted by molar-refractivity contribution is 5.73. The van der Waals surface area contributed by atoms with Crippen LogP contribution in [0.3, 0.4) is 0 Å². The lowest BCUT2D eigenvalue weighted by Crippen LogP contribution is -2.21. The van der Waals surface area contributed by atoms with Crippen LogP contribution in [0.4, 0.5) is 13.2 Å². The summed E-state index contributed by atoms with van der Waals surface area (Å²) in [5, 5.41) is 18.8. The second-order valence-electron chi connectivity index (χ2n) is 6.52. The van der Waals surface area contributed by atoms with Crippen molar-refractivity contribution in [1.82, 2.24) is 5.32 Å². The topological polar surface area (TPSA) is 95.9 Å². The van der Waals surface area contributed by atoms with E-state index in [1.54, 1.807) is 0 Å². The fraction of sp³-hybridized carbons (Fsp3) is 0.600. The van der Waals surface area contributed by atoms with Crippen molar-refractivity contribution >= 4 is 11.9 Å². The Morgan fingerprint density at radius 3 is 2.00 bits per heavy atom. The largest absolute Gasteiger partial charge is 0.493 e. The van der Waals surface area contributed by atoms with Crippen molar-refractivity contribution in [2.24, 2.45) is 5.92 Å². The number of alkyl halides is 3. The number of carboxylic acids is 2. The van der Waals surface area contributed by atoms with Crippen LogP contribution in [-0.2, 0) is 16.1 Å². The third-order valence-corrected chi connectivity index (χ3v) is 3.89. The van der Waals surface area contributed by atoms with E-state index >= 15 is 0 Å². The lowest BCUT2D eigenvalue weighted by Gasteiger charge is -2.16. The van der Waals surface area contributed by atoms with Crippen LogP contribution in [0.2, 0.25) is 0 Å². The minimum absolute atomic E-state index is 0.150. The minimum Gasteiger partial charge on any atom is -0.493 e. The molecule has 0 aliphatic carbocycles. The van der Waals surface area contributed by atoms with Crippen molar-refractivity contribution < 1.29 is 37.7 Å². The van der Waals surface area contributed by atoms with Crippen LogP contribution >= 0.6 is 0 Å². The molecule has 0 bridgehead atoms. The molecule has 0 saturated heterocycles. The smallest absolute Gasteiger partial charge is 0.490 e. The molecule has 1 rings (SSSR count). The van der Waals surface area contributed by atoms with E-state index in [9.17, 15) is 18.0 Å². The fourth-order valence-corrected chi connectivity index (χ4v) is 2.47. The quantitative estimate of drug-likeness (QED) is 0.431. The van der Waals surface area contributed by atoms with Crippen LogP contribution in [0.1, 0.15) is 51.5 Å². The van der Waals surface area contributed by atoms with Gasteiger partial charge in [0.25, 0.3) is 0 Å². The summed E-state index contributed by atoms with van der Waals surface area (Å²) in [5.74, 6) is -1.98. The molecule has 0 amide bonds. The Balaban J connectivity index is 0.000000956. The zero-order valence-electron chi connectivity index (χ0n) is 16.8. The highest BCUT2D eigenvalue weighted by Crippen LogP contribution is 2.18. The lowest BCUT2D eigenvalue weighted by molar-refractivity contribution is -0.192. The Hall–Kier alpha value is -2.29. The van der Waals surface area contributed by atoms with Crippen molar-refractivity contribution in [3.05, 3.63) is 29.8 Å². The van der Waals surface area contributed by atoms with Crippen LogP contribution in [-0.4, -0.2) is 41.5 Å². The van der Waals surface area contributed by atoms with Gasteiger partial charge in [0.1, 0.15) is 5.75 Å². The zero-order chi connectivity index (χ0) is 22.3. The summed E-state index contributed by atoms with van der Waals surface area (Å²) < 4.78 is 37.6. The first-order valence-corrected chi connectivity index (χ1v) is 9.54. The van der Waals surface area contributed by atoms with Crippen molar-refractivity contribution in [3.8, 4) is 5.75 Å². The van der Waals surface area contributed by atoms with E-state index in [2.05, 4.69) is 19.2 Å². The number of hydrogen-bond acceptors (Lipinski definition) is 4. The number of nitrogens with one attached hydrogen (secondary N) is 1. The number of benzene rings is 1. The number of carboxylic acid groups (broad SMARTS) is 2. The van der Waals surface area contributed by atoms with Crippen LogP contribution in [0.15, 0.2) is 24.3 Å². The van der Waals surface area contributed by atoms with E-state index in [1.807, 2.05) is 24.3 Å². The number of halogens is 3. The molecule has 0 saturated carbocycles. The van der Waals surface area contributed by atoms with Gasteiger partial charge in [0.05, 0.1) is 13.0 Å². The fourth-order valence-electron chi connectivity index (χ4n) is 2.47. The maximum Gasteiger partial charge on any atom is 0.490 e. The van der Waals surface area contributed by atoms with Gasteiger partial charge in [0.15, 0.2) is 0 Å². The Morgan fingerprint density at radius 2 is 1.59 bits per heavy atom. The number of rotatable bonds is 12. The molecule has 1 aromatic carbocycles. The first-order valence-electron chi connectivity index (χ1n) is 9.54. The van der Waals surface area contributed by atoms with E-state index in [0.29, 0.717) is 19.0 Å². The van der Waals surface area contributed by atoms with Gasteiger partial charge in [-0.25, -0.2) is 4.79 Å². The molecule has 3 N–H and O–H groups in total. The zero-order valence-corrected chi connectivity index (χ0v) is 16.8. The maximum atomic E-state index is 10.6.